The Morgan fingerprint density at radius 1 is 0.737 bits per heavy atom. The van der Waals surface area contributed by atoms with Crippen LogP contribution in [0.25, 0.3) is 0 Å². The SMILES string of the molecule is CCCCCC(=O)CCCCCC(=O)NCCCC. The summed E-state index contributed by atoms with van der Waals surface area (Å²) in [6, 6.07) is 0. The van der Waals surface area contributed by atoms with E-state index in [4.69, 9.17) is 0 Å². The topological polar surface area (TPSA) is 46.2 Å². The lowest BCUT2D eigenvalue weighted by molar-refractivity contribution is -0.121. The number of hydrogen-bond donors (Lipinski definition) is 1. The fraction of sp³-hybridized carbons (Fsp3) is 0.875. The Morgan fingerprint density at radius 2 is 1.32 bits per heavy atom. The number of unbranched alkanes of at least 4 members (excludes halogenated alkanes) is 5. The lowest BCUT2D eigenvalue weighted by Gasteiger charge is -2.04. The van der Waals surface area contributed by atoms with E-state index in [0.29, 0.717) is 18.6 Å². The third-order valence-electron chi connectivity index (χ3n) is 3.27. The monoisotopic (exact) mass is 269 g/mol. The number of rotatable bonds is 13. The molecule has 0 aromatic rings. The molecule has 0 unspecified atom stereocenters. The minimum absolute atomic E-state index is 0.155. The maximum atomic E-state index is 11.5. The van der Waals surface area contributed by atoms with Gasteiger partial charge in [-0.25, -0.2) is 0 Å². The van der Waals surface area contributed by atoms with Crippen LogP contribution in [-0.2, 0) is 9.59 Å². The molecule has 0 aliphatic carbocycles. The van der Waals surface area contributed by atoms with Crippen LogP contribution in [0.1, 0.15) is 84.5 Å². The fourth-order valence-electron chi connectivity index (χ4n) is 1.97. The average Bonchev–Trinajstić information content (AvgIpc) is 2.39. The summed E-state index contributed by atoms with van der Waals surface area (Å²) in [5.41, 5.74) is 0. The van der Waals surface area contributed by atoms with Crippen molar-refractivity contribution in [3.05, 3.63) is 0 Å². The lowest BCUT2D eigenvalue weighted by Crippen LogP contribution is -2.23. The van der Waals surface area contributed by atoms with E-state index in [0.717, 1.165) is 57.9 Å². The molecule has 112 valence electrons. The molecule has 0 aromatic carbocycles. The Labute approximate surface area is 118 Å². The predicted molar refractivity (Wildman–Crippen MR) is 80.2 cm³/mol. The molecule has 0 atom stereocenters. The van der Waals surface area contributed by atoms with Crippen molar-refractivity contribution in [2.45, 2.75) is 84.5 Å². The Morgan fingerprint density at radius 3 is 1.95 bits per heavy atom. The van der Waals surface area contributed by atoms with Gasteiger partial charge >= 0.3 is 0 Å². The number of hydrogen-bond acceptors (Lipinski definition) is 2. The van der Waals surface area contributed by atoms with Gasteiger partial charge in [-0.1, -0.05) is 39.5 Å². The Bertz CT molecular complexity index is 215. The van der Waals surface area contributed by atoms with Gasteiger partial charge in [-0.3, -0.25) is 9.59 Å². The summed E-state index contributed by atoms with van der Waals surface area (Å²) in [4.78, 5) is 22.9. The highest BCUT2D eigenvalue weighted by Crippen LogP contribution is 2.07. The van der Waals surface area contributed by atoms with Crippen LogP contribution in [0.3, 0.4) is 0 Å². The van der Waals surface area contributed by atoms with Crippen molar-refractivity contribution in [2.75, 3.05) is 6.54 Å². The molecule has 0 aliphatic heterocycles. The molecule has 0 bridgehead atoms. The molecule has 0 aromatic heterocycles. The molecule has 0 saturated carbocycles. The van der Waals surface area contributed by atoms with Gasteiger partial charge in [0.2, 0.25) is 5.91 Å². The lowest BCUT2D eigenvalue weighted by atomic mass is 10.1. The van der Waals surface area contributed by atoms with Gasteiger partial charge in [-0.2, -0.15) is 0 Å². The summed E-state index contributed by atoms with van der Waals surface area (Å²) >= 11 is 0. The summed E-state index contributed by atoms with van der Waals surface area (Å²) in [5, 5.41) is 2.91. The molecule has 1 amide bonds. The first-order chi connectivity index (χ1) is 9.20. The predicted octanol–water partition coefficient (Wildman–Crippen LogP) is 4.00. The van der Waals surface area contributed by atoms with Gasteiger partial charge in [-0.15, -0.1) is 0 Å². The van der Waals surface area contributed by atoms with Crippen LogP contribution in [0.4, 0.5) is 0 Å². The molecule has 0 heterocycles. The Kier molecular flexibility index (Phi) is 13.0. The summed E-state index contributed by atoms with van der Waals surface area (Å²) in [6.07, 6.45) is 10.4. The third kappa shape index (κ3) is 13.4. The van der Waals surface area contributed by atoms with Gasteiger partial charge in [-0.05, 0) is 25.7 Å². The Hall–Kier alpha value is -0.860. The van der Waals surface area contributed by atoms with Crippen LogP contribution in [0.5, 0.6) is 0 Å². The summed E-state index contributed by atoms with van der Waals surface area (Å²) in [5.74, 6) is 0.545. The second kappa shape index (κ2) is 13.6. The highest BCUT2D eigenvalue weighted by Gasteiger charge is 2.03. The molecule has 3 nitrogen and oxygen atoms in total. The molecule has 0 rings (SSSR count). The van der Waals surface area contributed by atoms with E-state index in [1.54, 1.807) is 0 Å². The molecule has 0 spiro atoms. The van der Waals surface area contributed by atoms with Crippen molar-refractivity contribution in [3.8, 4) is 0 Å². The quantitative estimate of drug-likeness (QED) is 0.514. The zero-order chi connectivity index (χ0) is 14.3. The van der Waals surface area contributed by atoms with E-state index in [9.17, 15) is 9.59 Å². The molecule has 0 radical (unpaired) electrons. The first kappa shape index (κ1) is 18.1. The molecule has 19 heavy (non-hydrogen) atoms. The second-order valence-corrected chi connectivity index (χ2v) is 5.26. The first-order valence-electron chi connectivity index (χ1n) is 7.99. The van der Waals surface area contributed by atoms with Crippen molar-refractivity contribution >= 4 is 11.7 Å². The summed E-state index contributed by atoms with van der Waals surface area (Å²) in [7, 11) is 0. The molecule has 0 aliphatic rings. The second-order valence-electron chi connectivity index (χ2n) is 5.26. The summed E-state index contributed by atoms with van der Waals surface area (Å²) in [6.45, 7) is 5.06. The molecular formula is C16H31NO2. The van der Waals surface area contributed by atoms with Crippen LogP contribution in [0.15, 0.2) is 0 Å². The van der Waals surface area contributed by atoms with Crippen molar-refractivity contribution in [3.63, 3.8) is 0 Å². The number of carbonyl (C=O) groups excluding carboxylic acids is 2. The van der Waals surface area contributed by atoms with Gasteiger partial charge in [0, 0.05) is 25.8 Å². The van der Waals surface area contributed by atoms with Gasteiger partial charge in [0.1, 0.15) is 5.78 Å². The maximum absolute atomic E-state index is 11.5. The van der Waals surface area contributed by atoms with Crippen LogP contribution < -0.4 is 5.32 Å². The van der Waals surface area contributed by atoms with E-state index < -0.39 is 0 Å². The van der Waals surface area contributed by atoms with Crippen LogP contribution in [0, 0.1) is 0 Å². The molecule has 1 N–H and O–H groups in total. The molecule has 3 heteroatoms. The van der Waals surface area contributed by atoms with Gasteiger partial charge in [0.15, 0.2) is 0 Å². The largest absolute Gasteiger partial charge is 0.356 e. The smallest absolute Gasteiger partial charge is 0.219 e. The highest BCUT2D eigenvalue weighted by atomic mass is 16.1. The summed E-state index contributed by atoms with van der Waals surface area (Å²) < 4.78 is 0. The molecule has 0 fully saturated rings. The van der Waals surface area contributed by atoms with Gasteiger partial charge in [0.25, 0.3) is 0 Å². The fourth-order valence-corrected chi connectivity index (χ4v) is 1.97. The zero-order valence-electron chi connectivity index (χ0n) is 12.8. The van der Waals surface area contributed by atoms with Crippen LogP contribution in [0.2, 0.25) is 0 Å². The Balaban J connectivity index is 3.29. The minimum Gasteiger partial charge on any atom is -0.356 e. The first-order valence-corrected chi connectivity index (χ1v) is 7.99. The molecule has 0 saturated heterocycles. The van der Waals surface area contributed by atoms with E-state index in [-0.39, 0.29) is 5.91 Å². The van der Waals surface area contributed by atoms with Gasteiger partial charge < -0.3 is 5.32 Å². The van der Waals surface area contributed by atoms with E-state index in [1.807, 2.05) is 0 Å². The number of amides is 1. The zero-order valence-corrected chi connectivity index (χ0v) is 12.8. The molecular weight excluding hydrogens is 238 g/mol. The highest BCUT2D eigenvalue weighted by molar-refractivity contribution is 5.78. The average molecular weight is 269 g/mol. The van der Waals surface area contributed by atoms with Crippen molar-refractivity contribution in [2.24, 2.45) is 0 Å². The maximum Gasteiger partial charge on any atom is 0.219 e. The van der Waals surface area contributed by atoms with Crippen LogP contribution in [-0.4, -0.2) is 18.2 Å². The number of carbonyl (C=O) groups is 2. The van der Waals surface area contributed by atoms with E-state index >= 15 is 0 Å². The van der Waals surface area contributed by atoms with E-state index in [1.165, 1.54) is 6.42 Å². The van der Waals surface area contributed by atoms with Gasteiger partial charge in [0.05, 0.1) is 0 Å². The van der Waals surface area contributed by atoms with Crippen molar-refractivity contribution in [1.82, 2.24) is 5.32 Å². The number of Topliss-reactive ketones (excluding diaryl/α,β-unsaturated/α-hetero) is 1. The number of ketones is 1. The standard InChI is InChI=1S/C16H31NO2/c1-3-5-8-11-15(18)12-9-7-10-13-16(19)17-14-6-4-2/h3-14H2,1-2H3,(H,17,19). The van der Waals surface area contributed by atoms with Crippen molar-refractivity contribution < 1.29 is 9.59 Å². The van der Waals surface area contributed by atoms with Crippen molar-refractivity contribution in [1.29, 1.82) is 0 Å². The third-order valence-corrected chi connectivity index (χ3v) is 3.27. The minimum atomic E-state index is 0.155. The number of nitrogens with one attached hydrogen (secondary N) is 1. The van der Waals surface area contributed by atoms with Crippen LogP contribution >= 0.6 is 0 Å². The van der Waals surface area contributed by atoms with E-state index in [2.05, 4.69) is 19.2 Å². The normalized spacial score (nSPS) is 10.4.